The van der Waals surface area contributed by atoms with E-state index in [1.807, 2.05) is 0 Å². The Morgan fingerprint density at radius 1 is 1.28 bits per heavy atom. The van der Waals surface area contributed by atoms with E-state index >= 15 is 0 Å². The predicted molar refractivity (Wildman–Crippen MR) is 58.5 cm³/mol. The van der Waals surface area contributed by atoms with E-state index in [9.17, 15) is 18.4 Å². The maximum atomic E-state index is 11.9. The first kappa shape index (κ1) is 13.9. The second kappa shape index (κ2) is 5.95. The van der Waals surface area contributed by atoms with Gasteiger partial charge < -0.3 is 15.2 Å². The summed E-state index contributed by atoms with van der Waals surface area (Å²) < 4.78 is 27.9. The fraction of sp³-hybridized carbons (Fsp3) is 0.273. The van der Waals surface area contributed by atoms with Gasteiger partial charge in [0.2, 0.25) is 5.91 Å². The van der Waals surface area contributed by atoms with Gasteiger partial charge in [-0.25, -0.2) is 0 Å². The number of aliphatic carboxylic acids is 1. The molecule has 5 nitrogen and oxygen atoms in total. The van der Waals surface area contributed by atoms with Crippen molar-refractivity contribution in [2.45, 2.75) is 13.5 Å². The third-order valence-corrected chi connectivity index (χ3v) is 2.11. The first-order chi connectivity index (χ1) is 8.40. The molecule has 1 aromatic carbocycles. The largest absolute Gasteiger partial charge is 0.481 e. The molecule has 0 aromatic heterocycles. The van der Waals surface area contributed by atoms with E-state index in [1.54, 1.807) is 0 Å². The highest BCUT2D eigenvalue weighted by Crippen LogP contribution is 2.18. The molecular formula is C11H11F2NO4. The zero-order chi connectivity index (χ0) is 13.7. The maximum absolute atomic E-state index is 11.9. The number of rotatable bonds is 5. The van der Waals surface area contributed by atoms with Crippen LogP contribution < -0.4 is 10.1 Å². The molecule has 7 heteroatoms. The van der Waals surface area contributed by atoms with Gasteiger partial charge in [0, 0.05) is 5.69 Å². The smallest absolute Gasteiger partial charge is 0.387 e. The van der Waals surface area contributed by atoms with Crippen molar-refractivity contribution in [1.29, 1.82) is 0 Å². The molecule has 0 aliphatic heterocycles. The second-order valence-electron chi connectivity index (χ2n) is 3.45. The first-order valence-corrected chi connectivity index (χ1v) is 4.98. The zero-order valence-corrected chi connectivity index (χ0v) is 9.39. The van der Waals surface area contributed by atoms with Gasteiger partial charge in [-0.1, -0.05) is 0 Å². The third-order valence-electron chi connectivity index (χ3n) is 2.11. The van der Waals surface area contributed by atoms with Gasteiger partial charge in [0.25, 0.3) is 0 Å². The number of nitrogens with one attached hydrogen (secondary N) is 1. The summed E-state index contributed by atoms with van der Waals surface area (Å²) in [5.41, 5.74) is 0.301. The summed E-state index contributed by atoms with van der Waals surface area (Å²) in [6.45, 7) is -1.68. The number of alkyl halides is 2. The van der Waals surface area contributed by atoms with Gasteiger partial charge in [0.1, 0.15) is 11.7 Å². The zero-order valence-electron chi connectivity index (χ0n) is 9.39. The van der Waals surface area contributed by atoms with Gasteiger partial charge in [-0.2, -0.15) is 8.78 Å². The van der Waals surface area contributed by atoms with Crippen molar-refractivity contribution in [3.8, 4) is 5.75 Å². The van der Waals surface area contributed by atoms with Gasteiger partial charge in [0.15, 0.2) is 0 Å². The van der Waals surface area contributed by atoms with Gasteiger partial charge in [0.05, 0.1) is 0 Å². The minimum atomic E-state index is -2.92. The number of carboxylic acids is 1. The molecule has 0 radical (unpaired) electrons. The molecule has 0 saturated heterocycles. The molecule has 1 atom stereocenters. The van der Waals surface area contributed by atoms with Crippen LogP contribution in [0.25, 0.3) is 0 Å². The first-order valence-electron chi connectivity index (χ1n) is 4.98. The van der Waals surface area contributed by atoms with Crippen molar-refractivity contribution >= 4 is 17.6 Å². The van der Waals surface area contributed by atoms with Gasteiger partial charge in [-0.05, 0) is 31.2 Å². The highest BCUT2D eigenvalue weighted by Gasteiger charge is 2.20. The topological polar surface area (TPSA) is 75.6 Å². The SMILES string of the molecule is CC(C(=O)O)C(=O)Nc1ccc(OC(F)F)cc1. The highest BCUT2D eigenvalue weighted by atomic mass is 19.3. The third kappa shape index (κ3) is 4.00. The Labute approximate surface area is 101 Å². The summed E-state index contributed by atoms with van der Waals surface area (Å²) in [5, 5.41) is 11.0. The molecule has 0 saturated carbocycles. The molecule has 18 heavy (non-hydrogen) atoms. The summed E-state index contributed by atoms with van der Waals surface area (Å²) in [4.78, 5) is 21.9. The van der Waals surface area contributed by atoms with Crippen LogP contribution in [0.2, 0.25) is 0 Å². The second-order valence-corrected chi connectivity index (χ2v) is 3.45. The Morgan fingerprint density at radius 3 is 2.28 bits per heavy atom. The average Bonchev–Trinajstić information content (AvgIpc) is 2.29. The molecule has 0 fully saturated rings. The Morgan fingerprint density at radius 2 is 1.83 bits per heavy atom. The van der Waals surface area contributed by atoms with Crippen molar-refractivity contribution in [1.82, 2.24) is 0 Å². The van der Waals surface area contributed by atoms with Crippen LogP contribution in [0.1, 0.15) is 6.92 Å². The Hall–Kier alpha value is -2.18. The minimum Gasteiger partial charge on any atom is -0.481 e. The molecule has 1 rings (SSSR count). The lowest BCUT2D eigenvalue weighted by Crippen LogP contribution is -2.26. The fourth-order valence-corrected chi connectivity index (χ4v) is 1.08. The molecule has 1 amide bonds. The van der Waals surface area contributed by atoms with Crippen molar-refractivity contribution in [3.63, 3.8) is 0 Å². The Kier molecular flexibility index (Phi) is 4.59. The van der Waals surface area contributed by atoms with Crippen LogP contribution in [0.3, 0.4) is 0 Å². The van der Waals surface area contributed by atoms with Crippen molar-refractivity contribution < 1.29 is 28.2 Å². The number of anilines is 1. The number of amides is 1. The van der Waals surface area contributed by atoms with E-state index < -0.39 is 24.4 Å². The van der Waals surface area contributed by atoms with E-state index in [0.29, 0.717) is 5.69 Å². The normalized spacial score (nSPS) is 12.0. The molecule has 0 bridgehead atoms. The predicted octanol–water partition coefficient (Wildman–Crippen LogP) is 1.95. The summed E-state index contributed by atoms with van der Waals surface area (Å²) >= 11 is 0. The van der Waals surface area contributed by atoms with Crippen LogP contribution in [-0.2, 0) is 9.59 Å². The Bertz CT molecular complexity index is 433. The van der Waals surface area contributed by atoms with Crippen molar-refractivity contribution in [2.75, 3.05) is 5.32 Å². The average molecular weight is 259 g/mol. The highest BCUT2D eigenvalue weighted by molar-refractivity contribution is 6.03. The lowest BCUT2D eigenvalue weighted by atomic mass is 10.1. The van der Waals surface area contributed by atoms with E-state index in [4.69, 9.17) is 5.11 Å². The fourth-order valence-electron chi connectivity index (χ4n) is 1.08. The quantitative estimate of drug-likeness (QED) is 0.792. The molecule has 0 spiro atoms. The van der Waals surface area contributed by atoms with Gasteiger partial charge >= 0.3 is 12.6 Å². The standard InChI is InChI=1S/C11H11F2NO4/c1-6(10(16)17)9(15)14-7-2-4-8(5-3-7)18-11(12)13/h2-6,11H,1H3,(H,14,15)(H,16,17). The number of halogens is 2. The van der Waals surface area contributed by atoms with Crippen LogP contribution in [-0.4, -0.2) is 23.6 Å². The van der Waals surface area contributed by atoms with Crippen molar-refractivity contribution in [3.05, 3.63) is 24.3 Å². The number of carboxylic acid groups (broad SMARTS) is 1. The number of benzene rings is 1. The van der Waals surface area contributed by atoms with Crippen LogP contribution in [0, 0.1) is 5.92 Å². The summed E-state index contributed by atoms with van der Waals surface area (Å²) in [5.74, 6) is -3.17. The number of carbonyl (C=O) groups is 2. The number of carbonyl (C=O) groups excluding carboxylic acids is 1. The summed E-state index contributed by atoms with van der Waals surface area (Å²) in [6.07, 6.45) is 0. The van der Waals surface area contributed by atoms with Gasteiger partial charge in [-0.3, -0.25) is 9.59 Å². The lowest BCUT2D eigenvalue weighted by molar-refractivity contribution is -0.144. The number of hydrogen-bond acceptors (Lipinski definition) is 3. The van der Waals surface area contributed by atoms with E-state index in [1.165, 1.54) is 31.2 Å². The number of ether oxygens (including phenoxy) is 1. The molecular weight excluding hydrogens is 248 g/mol. The molecule has 1 aromatic rings. The van der Waals surface area contributed by atoms with Crippen LogP contribution >= 0.6 is 0 Å². The maximum Gasteiger partial charge on any atom is 0.387 e. The summed E-state index contributed by atoms with van der Waals surface area (Å²) in [6, 6.07) is 5.16. The lowest BCUT2D eigenvalue weighted by Gasteiger charge is -2.09. The number of hydrogen-bond donors (Lipinski definition) is 2. The van der Waals surface area contributed by atoms with Crippen LogP contribution in [0.15, 0.2) is 24.3 Å². The molecule has 98 valence electrons. The van der Waals surface area contributed by atoms with Crippen LogP contribution in [0.4, 0.5) is 14.5 Å². The van der Waals surface area contributed by atoms with E-state index in [-0.39, 0.29) is 5.75 Å². The molecule has 0 aliphatic carbocycles. The molecule has 2 N–H and O–H groups in total. The molecule has 0 aliphatic rings. The van der Waals surface area contributed by atoms with Crippen molar-refractivity contribution in [2.24, 2.45) is 5.92 Å². The minimum absolute atomic E-state index is 0.0470. The van der Waals surface area contributed by atoms with E-state index in [0.717, 1.165) is 0 Å². The van der Waals surface area contributed by atoms with Crippen LogP contribution in [0.5, 0.6) is 5.75 Å². The summed E-state index contributed by atoms with van der Waals surface area (Å²) in [7, 11) is 0. The Balaban J connectivity index is 2.64. The van der Waals surface area contributed by atoms with Gasteiger partial charge in [-0.15, -0.1) is 0 Å². The molecule has 1 unspecified atom stereocenters. The van der Waals surface area contributed by atoms with E-state index in [2.05, 4.69) is 10.1 Å². The molecule has 0 heterocycles. The monoisotopic (exact) mass is 259 g/mol.